The molecule has 2 aromatic carbocycles. The van der Waals surface area contributed by atoms with Gasteiger partial charge in [0.1, 0.15) is 16.4 Å². The van der Waals surface area contributed by atoms with Crippen LogP contribution in [0.2, 0.25) is 0 Å². The summed E-state index contributed by atoms with van der Waals surface area (Å²) < 4.78 is 28.9. The van der Waals surface area contributed by atoms with Gasteiger partial charge in [-0.1, -0.05) is 17.7 Å². The number of hydrogen-bond acceptors (Lipinski definition) is 5. The summed E-state index contributed by atoms with van der Waals surface area (Å²) in [6, 6.07) is 9.84. The summed E-state index contributed by atoms with van der Waals surface area (Å²) in [5.74, 6) is -0.398. The molecule has 5 nitrogen and oxygen atoms in total. The summed E-state index contributed by atoms with van der Waals surface area (Å²) >= 11 is 0. The van der Waals surface area contributed by atoms with Gasteiger partial charge in [0.25, 0.3) is 0 Å². The molecule has 20 heavy (non-hydrogen) atoms. The molecule has 0 aliphatic heterocycles. The molecule has 1 N–H and O–H groups in total. The van der Waals surface area contributed by atoms with Crippen LogP contribution in [0.5, 0.6) is 11.5 Å². The van der Waals surface area contributed by atoms with Crippen LogP contribution < -0.4 is 4.18 Å². The van der Waals surface area contributed by atoms with Gasteiger partial charge in [0, 0.05) is 6.07 Å². The zero-order chi connectivity index (χ0) is 14.8. The highest BCUT2D eigenvalue weighted by Gasteiger charge is 2.17. The van der Waals surface area contributed by atoms with Crippen molar-refractivity contribution in [1.29, 1.82) is 0 Å². The lowest BCUT2D eigenvalue weighted by Crippen LogP contribution is -2.09. The fraction of sp³-hybridized carbons (Fsp3) is 0.0714. The topological polar surface area (TPSA) is 80.7 Å². The summed E-state index contributed by atoms with van der Waals surface area (Å²) in [7, 11) is -3.97. The Balaban J connectivity index is 2.30. The van der Waals surface area contributed by atoms with Crippen LogP contribution in [0, 0.1) is 6.92 Å². The Morgan fingerprint density at radius 3 is 2.30 bits per heavy atom. The molecular weight excluding hydrogens is 280 g/mol. The van der Waals surface area contributed by atoms with Crippen molar-refractivity contribution >= 4 is 16.4 Å². The van der Waals surface area contributed by atoms with Gasteiger partial charge in [-0.15, -0.1) is 0 Å². The Hall–Kier alpha value is -2.34. The molecule has 6 heteroatoms. The van der Waals surface area contributed by atoms with Crippen LogP contribution in [0.3, 0.4) is 0 Å². The van der Waals surface area contributed by atoms with Gasteiger partial charge in [-0.25, -0.2) is 0 Å². The molecule has 0 unspecified atom stereocenters. The Morgan fingerprint density at radius 2 is 1.75 bits per heavy atom. The minimum atomic E-state index is -3.97. The molecule has 0 atom stereocenters. The van der Waals surface area contributed by atoms with Crippen molar-refractivity contribution in [1.82, 2.24) is 0 Å². The third kappa shape index (κ3) is 2.97. The largest absolute Gasteiger partial charge is 0.507 e. The van der Waals surface area contributed by atoms with Gasteiger partial charge >= 0.3 is 10.1 Å². The highest BCUT2D eigenvalue weighted by molar-refractivity contribution is 7.87. The number of carbonyl (C=O) groups excluding carboxylic acids is 1. The van der Waals surface area contributed by atoms with Crippen LogP contribution in [0.4, 0.5) is 0 Å². The molecule has 0 saturated carbocycles. The molecule has 0 aliphatic carbocycles. The smallest absolute Gasteiger partial charge is 0.339 e. The van der Waals surface area contributed by atoms with Crippen LogP contribution >= 0.6 is 0 Å². The molecule has 2 rings (SSSR count). The molecule has 0 fully saturated rings. The van der Waals surface area contributed by atoms with Gasteiger partial charge in [0.15, 0.2) is 6.29 Å². The highest BCUT2D eigenvalue weighted by atomic mass is 32.2. The van der Waals surface area contributed by atoms with E-state index in [4.69, 9.17) is 4.18 Å². The summed E-state index contributed by atoms with van der Waals surface area (Å²) in [5.41, 5.74) is 0.988. The molecule has 104 valence electrons. The summed E-state index contributed by atoms with van der Waals surface area (Å²) in [6.07, 6.45) is 0.466. The normalized spacial score (nSPS) is 11.1. The van der Waals surface area contributed by atoms with Crippen molar-refractivity contribution in [3.63, 3.8) is 0 Å². The van der Waals surface area contributed by atoms with Gasteiger partial charge in [0.2, 0.25) is 0 Å². The van der Waals surface area contributed by atoms with Crippen LogP contribution in [0.1, 0.15) is 15.9 Å². The van der Waals surface area contributed by atoms with E-state index in [1.54, 1.807) is 12.1 Å². The first-order valence-electron chi connectivity index (χ1n) is 5.72. The molecule has 0 heterocycles. The Morgan fingerprint density at radius 1 is 1.10 bits per heavy atom. The summed E-state index contributed by atoms with van der Waals surface area (Å²) in [6.45, 7) is 1.84. The maximum atomic E-state index is 12.0. The molecule has 0 aliphatic rings. The lowest BCUT2D eigenvalue weighted by Gasteiger charge is -2.08. The zero-order valence-electron chi connectivity index (χ0n) is 10.6. The number of phenolic OH excluding ortho intramolecular Hbond substituents is 1. The van der Waals surface area contributed by atoms with Crippen LogP contribution in [-0.2, 0) is 10.1 Å². The number of hydrogen-bond donors (Lipinski definition) is 1. The molecule has 0 aromatic heterocycles. The van der Waals surface area contributed by atoms with E-state index in [-0.39, 0.29) is 22.0 Å². The fourth-order valence-electron chi connectivity index (χ4n) is 1.55. The predicted molar refractivity (Wildman–Crippen MR) is 72.5 cm³/mol. The van der Waals surface area contributed by atoms with Crippen molar-refractivity contribution in [2.45, 2.75) is 11.8 Å². The molecule has 0 bridgehead atoms. The number of benzene rings is 2. The van der Waals surface area contributed by atoms with E-state index < -0.39 is 10.1 Å². The lowest BCUT2D eigenvalue weighted by atomic mass is 10.2. The second kappa shape index (κ2) is 5.34. The van der Waals surface area contributed by atoms with Crippen LogP contribution in [0.25, 0.3) is 0 Å². The van der Waals surface area contributed by atoms with E-state index in [0.717, 1.165) is 11.6 Å². The third-order valence-electron chi connectivity index (χ3n) is 2.64. The maximum Gasteiger partial charge on any atom is 0.339 e. The van der Waals surface area contributed by atoms with Crippen molar-refractivity contribution in [2.24, 2.45) is 0 Å². The van der Waals surface area contributed by atoms with Gasteiger partial charge in [0.05, 0.1) is 5.56 Å². The lowest BCUT2D eigenvalue weighted by molar-refractivity contribution is 0.112. The Bertz CT molecular complexity index is 733. The second-order valence-electron chi connectivity index (χ2n) is 4.19. The Labute approximate surface area is 116 Å². The zero-order valence-corrected chi connectivity index (χ0v) is 11.4. The van der Waals surface area contributed by atoms with Crippen molar-refractivity contribution in [2.75, 3.05) is 0 Å². The molecule has 0 spiro atoms. The minimum Gasteiger partial charge on any atom is -0.507 e. The number of carbonyl (C=O) groups is 1. The van der Waals surface area contributed by atoms with E-state index in [2.05, 4.69) is 0 Å². The first-order valence-corrected chi connectivity index (χ1v) is 7.12. The first kappa shape index (κ1) is 14.1. The number of aryl methyl sites for hydroxylation is 1. The average molecular weight is 292 g/mol. The van der Waals surface area contributed by atoms with Crippen LogP contribution in [0.15, 0.2) is 47.4 Å². The van der Waals surface area contributed by atoms with E-state index >= 15 is 0 Å². The van der Waals surface area contributed by atoms with E-state index in [1.165, 1.54) is 24.3 Å². The minimum absolute atomic E-state index is 0.0158. The average Bonchev–Trinajstić information content (AvgIpc) is 2.39. The van der Waals surface area contributed by atoms with Gasteiger partial charge < -0.3 is 9.29 Å². The predicted octanol–water partition coefficient (Wildman–Crippen LogP) is 2.28. The third-order valence-corrected chi connectivity index (χ3v) is 3.91. The SMILES string of the molecule is Cc1ccc(S(=O)(=O)Oc2ccc(C=O)c(O)c2)cc1. The fourth-order valence-corrected chi connectivity index (χ4v) is 2.48. The van der Waals surface area contributed by atoms with Crippen molar-refractivity contribution < 1.29 is 22.5 Å². The van der Waals surface area contributed by atoms with Gasteiger partial charge in [-0.2, -0.15) is 8.42 Å². The number of rotatable bonds is 4. The monoisotopic (exact) mass is 292 g/mol. The summed E-state index contributed by atoms with van der Waals surface area (Å²) in [5, 5.41) is 9.49. The van der Waals surface area contributed by atoms with Crippen LogP contribution in [-0.4, -0.2) is 19.8 Å². The number of aldehydes is 1. The molecular formula is C14H12O5S. The Kier molecular flexibility index (Phi) is 3.76. The van der Waals surface area contributed by atoms with E-state index in [1.807, 2.05) is 6.92 Å². The number of aromatic hydroxyl groups is 1. The van der Waals surface area contributed by atoms with Gasteiger partial charge in [-0.3, -0.25) is 4.79 Å². The molecule has 0 amide bonds. The van der Waals surface area contributed by atoms with E-state index in [9.17, 15) is 18.3 Å². The standard InChI is InChI=1S/C14H12O5S/c1-10-2-6-13(7-3-10)20(17,18)19-12-5-4-11(9-15)14(16)8-12/h2-9,16H,1H3. The molecule has 2 aromatic rings. The van der Waals surface area contributed by atoms with Crippen molar-refractivity contribution in [3.8, 4) is 11.5 Å². The second-order valence-corrected chi connectivity index (χ2v) is 5.74. The first-order chi connectivity index (χ1) is 9.42. The maximum absolute atomic E-state index is 12.0. The quantitative estimate of drug-likeness (QED) is 0.690. The summed E-state index contributed by atoms with van der Waals surface area (Å²) in [4.78, 5) is 10.6. The molecule has 0 radical (unpaired) electrons. The van der Waals surface area contributed by atoms with Crippen molar-refractivity contribution in [3.05, 3.63) is 53.6 Å². The highest BCUT2D eigenvalue weighted by Crippen LogP contribution is 2.25. The van der Waals surface area contributed by atoms with Gasteiger partial charge in [-0.05, 0) is 31.2 Å². The van der Waals surface area contributed by atoms with E-state index in [0.29, 0.717) is 6.29 Å². The molecule has 0 saturated heterocycles. The number of phenols is 1.